The molecule has 25 heavy (non-hydrogen) atoms. The van der Waals surface area contributed by atoms with Crippen LogP contribution in [0.3, 0.4) is 0 Å². The van der Waals surface area contributed by atoms with Crippen molar-refractivity contribution in [3.05, 3.63) is 86.8 Å². The lowest BCUT2D eigenvalue weighted by Gasteiger charge is -2.02. The number of hydrogen-bond donors (Lipinski definition) is 1. The average molecular weight is 458 g/mol. The van der Waals surface area contributed by atoms with Crippen molar-refractivity contribution in [1.29, 1.82) is 0 Å². The molecule has 0 atom stereocenters. The Morgan fingerprint density at radius 2 is 1.28 bits per heavy atom. The molecule has 0 unspecified atom stereocenters. The van der Waals surface area contributed by atoms with Crippen LogP contribution < -0.4 is 0 Å². The quantitative estimate of drug-likeness (QED) is 0.451. The lowest BCUT2D eigenvalue weighted by molar-refractivity contribution is 0.477. The second kappa shape index (κ2) is 8.23. The van der Waals surface area contributed by atoms with Crippen LogP contribution in [0.1, 0.15) is 11.1 Å². The van der Waals surface area contributed by atoms with Crippen LogP contribution in [0, 0.1) is 0 Å². The number of aromatic hydroxyl groups is 1. The van der Waals surface area contributed by atoms with Gasteiger partial charge in [-0.1, -0.05) is 68.3 Å². The number of aliphatic imine (C=N–C) groups is 2. The molecule has 124 valence electrons. The fourth-order valence-electron chi connectivity index (χ4n) is 2.14. The molecule has 0 aliphatic rings. The second-order valence-electron chi connectivity index (χ2n) is 5.23. The van der Waals surface area contributed by atoms with E-state index in [0.29, 0.717) is 11.4 Å². The van der Waals surface area contributed by atoms with Gasteiger partial charge in [0.25, 0.3) is 0 Å². The highest BCUT2D eigenvalue weighted by molar-refractivity contribution is 9.10. The molecule has 0 fully saturated rings. The Morgan fingerprint density at radius 3 is 1.88 bits per heavy atom. The number of hydrogen-bond acceptors (Lipinski definition) is 3. The van der Waals surface area contributed by atoms with Gasteiger partial charge in [-0.3, -0.25) is 9.98 Å². The van der Waals surface area contributed by atoms with E-state index in [9.17, 15) is 5.11 Å². The summed E-state index contributed by atoms with van der Waals surface area (Å²) in [6.45, 7) is 0. The van der Waals surface area contributed by atoms with Crippen LogP contribution in [0.2, 0.25) is 0 Å². The summed E-state index contributed by atoms with van der Waals surface area (Å²) < 4.78 is 1.92. The lowest BCUT2D eigenvalue weighted by atomic mass is 10.2. The number of nitrogens with zero attached hydrogens (tertiary/aromatic N) is 2. The van der Waals surface area contributed by atoms with Crippen molar-refractivity contribution in [2.75, 3.05) is 0 Å². The van der Waals surface area contributed by atoms with E-state index in [2.05, 4.69) is 41.8 Å². The molecule has 1 N–H and O–H groups in total. The standard InChI is InChI=1S/C20H14Br2N2O/c21-17-7-3-1-5-14(17)12-23-16-9-10-20(25)19(11-16)24-13-15-6-2-4-8-18(15)22/h1-13,25H. The number of phenols is 1. The van der Waals surface area contributed by atoms with Crippen LogP contribution in [0.25, 0.3) is 0 Å². The first-order valence-corrected chi connectivity index (χ1v) is 9.12. The van der Waals surface area contributed by atoms with Gasteiger partial charge in [0.05, 0.1) is 5.69 Å². The predicted octanol–water partition coefficient (Wildman–Crippen LogP) is 6.42. The topological polar surface area (TPSA) is 45.0 Å². The molecular formula is C20H14Br2N2O. The lowest BCUT2D eigenvalue weighted by Crippen LogP contribution is -1.83. The molecule has 0 amide bonds. The largest absolute Gasteiger partial charge is 0.506 e. The van der Waals surface area contributed by atoms with E-state index in [0.717, 1.165) is 20.1 Å². The minimum absolute atomic E-state index is 0.114. The smallest absolute Gasteiger partial charge is 0.141 e. The average Bonchev–Trinajstić information content (AvgIpc) is 2.62. The molecule has 0 saturated heterocycles. The Labute approximate surface area is 163 Å². The number of phenolic OH excluding ortho intramolecular Hbond substituents is 1. The molecule has 0 bridgehead atoms. The van der Waals surface area contributed by atoms with Crippen LogP contribution in [-0.2, 0) is 0 Å². The molecule has 0 heterocycles. The SMILES string of the molecule is Oc1ccc(N=Cc2ccccc2Br)cc1N=Cc1ccccc1Br. The van der Waals surface area contributed by atoms with E-state index in [1.54, 1.807) is 30.6 Å². The zero-order valence-electron chi connectivity index (χ0n) is 13.1. The molecule has 0 saturated carbocycles. The second-order valence-corrected chi connectivity index (χ2v) is 6.94. The Bertz CT molecular complexity index is 952. The predicted molar refractivity (Wildman–Crippen MR) is 111 cm³/mol. The van der Waals surface area contributed by atoms with Crippen molar-refractivity contribution in [3.63, 3.8) is 0 Å². The molecule has 0 spiro atoms. The Balaban J connectivity index is 1.86. The van der Waals surface area contributed by atoms with E-state index >= 15 is 0 Å². The minimum atomic E-state index is 0.114. The van der Waals surface area contributed by atoms with Crippen LogP contribution in [0.15, 0.2) is 85.7 Å². The van der Waals surface area contributed by atoms with Crippen LogP contribution in [0.4, 0.5) is 11.4 Å². The summed E-state index contributed by atoms with van der Waals surface area (Å²) in [5, 5.41) is 10.0. The van der Waals surface area contributed by atoms with E-state index in [-0.39, 0.29) is 5.75 Å². The summed E-state index contributed by atoms with van der Waals surface area (Å²) in [4.78, 5) is 8.84. The molecule has 0 aliphatic heterocycles. The first-order valence-electron chi connectivity index (χ1n) is 7.54. The molecular weight excluding hydrogens is 444 g/mol. The highest BCUT2D eigenvalue weighted by atomic mass is 79.9. The van der Waals surface area contributed by atoms with Crippen molar-refractivity contribution in [3.8, 4) is 5.75 Å². The highest BCUT2D eigenvalue weighted by Gasteiger charge is 2.02. The van der Waals surface area contributed by atoms with Gasteiger partial charge >= 0.3 is 0 Å². The summed E-state index contributed by atoms with van der Waals surface area (Å²) in [6, 6.07) is 20.7. The minimum Gasteiger partial charge on any atom is -0.506 e. The van der Waals surface area contributed by atoms with E-state index in [1.807, 2.05) is 48.5 Å². The molecule has 0 radical (unpaired) electrons. The summed E-state index contributed by atoms with van der Waals surface area (Å²) in [6.07, 6.45) is 3.48. The van der Waals surface area contributed by atoms with Gasteiger partial charge in [0.2, 0.25) is 0 Å². The maximum absolute atomic E-state index is 10.0. The highest BCUT2D eigenvalue weighted by Crippen LogP contribution is 2.31. The van der Waals surface area contributed by atoms with Gasteiger partial charge in [-0.15, -0.1) is 0 Å². The Hall–Kier alpha value is -2.24. The van der Waals surface area contributed by atoms with Crippen LogP contribution in [-0.4, -0.2) is 17.5 Å². The van der Waals surface area contributed by atoms with Crippen molar-refractivity contribution in [1.82, 2.24) is 0 Å². The third kappa shape index (κ3) is 4.65. The molecule has 0 aliphatic carbocycles. The fourth-order valence-corrected chi connectivity index (χ4v) is 2.91. The van der Waals surface area contributed by atoms with Gasteiger partial charge in [0, 0.05) is 32.5 Å². The number of halogens is 2. The normalized spacial score (nSPS) is 11.4. The zero-order chi connectivity index (χ0) is 17.6. The maximum Gasteiger partial charge on any atom is 0.141 e. The van der Waals surface area contributed by atoms with Crippen LogP contribution in [0.5, 0.6) is 5.75 Å². The van der Waals surface area contributed by atoms with Gasteiger partial charge in [-0.25, -0.2) is 0 Å². The summed E-state index contributed by atoms with van der Waals surface area (Å²) in [5.41, 5.74) is 3.10. The Kier molecular flexibility index (Phi) is 5.79. The summed E-state index contributed by atoms with van der Waals surface area (Å²) in [7, 11) is 0. The van der Waals surface area contributed by atoms with E-state index in [1.165, 1.54) is 0 Å². The van der Waals surface area contributed by atoms with Gasteiger partial charge in [-0.2, -0.15) is 0 Å². The summed E-state index contributed by atoms with van der Waals surface area (Å²) >= 11 is 6.97. The molecule has 3 aromatic rings. The van der Waals surface area contributed by atoms with Crippen molar-refractivity contribution in [2.45, 2.75) is 0 Å². The third-order valence-electron chi connectivity index (χ3n) is 3.46. The monoisotopic (exact) mass is 456 g/mol. The van der Waals surface area contributed by atoms with Gasteiger partial charge in [0.1, 0.15) is 11.4 Å². The first-order chi connectivity index (χ1) is 12.1. The Morgan fingerprint density at radius 1 is 0.720 bits per heavy atom. The van der Waals surface area contributed by atoms with Gasteiger partial charge in [0.15, 0.2) is 0 Å². The third-order valence-corrected chi connectivity index (χ3v) is 4.91. The molecule has 5 heteroatoms. The zero-order valence-corrected chi connectivity index (χ0v) is 16.3. The maximum atomic E-state index is 10.0. The van der Waals surface area contributed by atoms with Crippen molar-refractivity contribution in [2.24, 2.45) is 9.98 Å². The van der Waals surface area contributed by atoms with Crippen molar-refractivity contribution < 1.29 is 5.11 Å². The van der Waals surface area contributed by atoms with Crippen molar-refractivity contribution >= 4 is 55.7 Å². The fraction of sp³-hybridized carbons (Fsp3) is 0. The molecule has 3 aromatic carbocycles. The number of benzene rings is 3. The summed E-state index contributed by atoms with van der Waals surface area (Å²) in [5.74, 6) is 0.114. The molecule has 3 nitrogen and oxygen atoms in total. The molecule has 3 rings (SSSR count). The van der Waals surface area contributed by atoms with E-state index in [4.69, 9.17) is 0 Å². The van der Waals surface area contributed by atoms with E-state index < -0.39 is 0 Å². The number of rotatable bonds is 4. The van der Waals surface area contributed by atoms with Crippen LogP contribution >= 0.6 is 31.9 Å². The van der Waals surface area contributed by atoms with Gasteiger partial charge in [-0.05, 0) is 30.3 Å². The molecule has 0 aromatic heterocycles. The first kappa shape index (κ1) is 17.6. The van der Waals surface area contributed by atoms with Gasteiger partial charge < -0.3 is 5.11 Å².